The first-order valence-electron chi connectivity index (χ1n) is 8.89. The Morgan fingerprint density at radius 2 is 1.61 bits per heavy atom. The molecule has 0 saturated heterocycles. The number of ether oxygens (including phenoxy) is 1. The Balaban J connectivity index is 1.47. The number of aryl methyl sites for hydroxylation is 1. The summed E-state index contributed by atoms with van der Waals surface area (Å²) in [6.07, 6.45) is 0. The van der Waals surface area contributed by atoms with Crippen LogP contribution in [0.5, 0.6) is 5.75 Å². The third-order valence-corrected chi connectivity index (χ3v) is 5.19. The quantitative estimate of drug-likeness (QED) is 0.332. The lowest BCUT2D eigenvalue weighted by Crippen LogP contribution is -1.97. The van der Waals surface area contributed by atoms with Crippen molar-refractivity contribution >= 4 is 32.9 Å². The molecule has 6 heteroatoms. The predicted octanol–water partition coefficient (Wildman–Crippen LogP) is 7.04. The van der Waals surface area contributed by atoms with Crippen molar-refractivity contribution in [1.82, 2.24) is 4.98 Å². The average molecular weight is 390 g/mol. The van der Waals surface area contributed by atoms with Gasteiger partial charge in [0, 0.05) is 5.56 Å². The van der Waals surface area contributed by atoms with Crippen LogP contribution in [0.1, 0.15) is 5.56 Å². The molecule has 1 aromatic heterocycles. The van der Waals surface area contributed by atoms with E-state index in [-0.39, 0.29) is 6.61 Å². The molecule has 140 valence electrons. The van der Waals surface area contributed by atoms with E-state index in [1.165, 1.54) is 10.3 Å². The minimum Gasteiger partial charge on any atom is -0.491 e. The van der Waals surface area contributed by atoms with E-state index in [0.717, 1.165) is 21.8 Å². The van der Waals surface area contributed by atoms with Crippen molar-refractivity contribution in [1.29, 1.82) is 0 Å². The summed E-state index contributed by atoms with van der Waals surface area (Å²) in [5.74, 6) is 0.618. The zero-order chi connectivity index (χ0) is 19.3. The molecule has 0 spiro atoms. The smallest absolute Gasteiger partial charge is 0.124 e. The highest BCUT2D eigenvalue weighted by atomic mass is 32.1. The summed E-state index contributed by atoms with van der Waals surface area (Å²) in [5, 5.41) is 9.49. The van der Waals surface area contributed by atoms with E-state index in [9.17, 15) is 4.39 Å². The van der Waals surface area contributed by atoms with Crippen molar-refractivity contribution in [2.75, 3.05) is 13.3 Å². The van der Waals surface area contributed by atoms with Gasteiger partial charge in [0.25, 0.3) is 0 Å². The number of nitrogens with zero attached hydrogens (tertiary/aromatic N) is 3. The maximum atomic E-state index is 12.1. The number of fused-ring (bicyclic) bond motifs is 1. The first-order chi connectivity index (χ1) is 13.7. The van der Waals surface area contributed by atoms with E-state index < -0.39 is 6.67 Å². The Morgan fingerprint density at radius 3 is 2.29 bits per heavy atom. The van der Waals surface area contributed by atoms with Crippen LogP contribution in [-0.4, -0.2) is 18.3 Å². The van der Waals surface area contributed by atoms with Gasteiger partial charge in [-0.1, -0.05) is 6.07 Å². The number of benzene rings is 3. The second kappa shape index (κ2) is 8.27. The van der Waals surface area contributed by atoms with Gasteiger partial charge in [0.1, 0.15) is 24.0 Å². The molecule has 28 heavy (non-hydrogen) atoms. The second-order valence-electron chi connectivity index (χ2n) is 6.27. The van der Waals surface area contributed by atoms with Gasteiger partial charge in [-0.3, -0.25) is 0 Å². The minimum absolute atomic E-state index is 0.0570. The van der Waals surface area contributed by atoms with Gasteiger partial charge in [0.2, 0.25) is 0 Å². The maximum absolute atomic E-state index is 12.1. The third kappa shape index (κ3) is 4.23. The summed E-state index contributed by atoms with van der Waals surface area (Å²) < 4.78 is 18.5. The monoisotopic (exact) mass is 390 g/mol. The molecule has 0 bridgehead atoms. The summed E-state index contributed by atoms with van der Waals surface area (Å²) in [6.45, 7) is 1.64. The van der Waals surface area contributed by atoms with E-state index in [4.69, 9.17) is 9.72 Å². The maximum Gasteiger partial charge on any atom is 0.124 e. The highest BCUT2D eigenvalue weighted by Gasteiger charge is 2.06. The van der Waals surface area contributed by atoms with Crippen molar-refractivity contribution in [3.8, 4) is 16.3 Å². The fourth-order valence-electron chi connectivity index (χ4n) is 2.71. The average Bonchev–Trinajstić information content (AvgIpc) is 3.15. The van der Waals surface area contributed by atoms with Crippen molar-refractivity contribution in [3.63, 3.8) is 0 Å². The van der Waals surface area contributed by atoms with Crippen molar-refractivity contribution < 1.29 is 9.13 Å². The number of aromatic nitrogens is 1. The molecule has 4 rings (SSSR count). The first-order valence-corrected chi connectivity index (χ1v) is 9.71. The van der Waals surface area contributed by atoms with Crippen molar-refractivity contribution in [3.05, 3.63) is 72.3 Å². The van der Waals surface area contributed by atoms with E-state index in [0.29, 0.717) is 11.4 Å². The molecular weight excluding hydrogens is 372 g/mol. The molecule has 4 nitrogen and oxygen atoms in total. The van der Waals surface area contributed by atoms with Crippen LogP contribution < -0.4 is 4.74 Å². The van der Waals surface area contributed by atoms with Gasteiger partial charge in [-0.15, -0.1) is 11.3 Å². The first kappa shape index (κ1) is 18.3. The highest BCUT2D eigenvalue weighted by molar-refractivity contribution is 7.21. The molecule has 4 aromatic rings. The number of rotatable bonds is 6. The van der Waals surface area contributed by atoms with Crippen LogP contribution in [0.4, 0.5) is 15.8 Å². The Morgan fingerprint density at radius 1 is 0.929 bits per heavy atom. The van der Waals surface area contributed by atoms with Crippen LogP contribution in [-0.2, 0) is 0 Å². The minimum atomic E-state index is -0.506. The molecule has 0 aliphatic carbocycles. The molecule has 0 fully saturated rings. The fraction of sp³-hybridized carbons (Fsp3) is 0.136. The normalized spacial score (nSPS) is 11.4. The molecular formula is C22H18FN3OS. The highest BCUT2D eigenvalue weighted by Crippen LogP contribution is 2.32. The van der Waals surface area contributed by atoms with Gasteiger partial charge in [0.05, 0.1) is 21.6 Å². The number of azo groups is 1. The molecule has 0 amide bonds. The summed E-state index contributed by atoms with van der Waals surface area (Å²) in [7, 11) is 0. The van der Waals surface area contributed by atoms with Gasteiger partial charge in [-0.05, 0) is 73.2 Å². The number of thiazole rings is 1. The number of alkyl halides is 1. The Bertz CT molecular complexity index is 1110. The van der Waals surface area contributed by atoms with E-state index in [1.807, 2.05) is 24.3 Å². The van der Waals surface area contributed by atoms with Crippen LogP contribution >= 0.6 is 11.3 Å². The largest absolute Gasteiger partial charge is 0.491 e. The zero-order valence-corrected chi connectivity index (χ0v) is 16.1. The zero-order valence-electron chi connectivity index (χ0n) is 15.3. The predicted molar refractivity (Wildman–Crippen MR) is 112 cm³/mol. The van der Waals surface area contributed by atoms with E-state index >= 15 is 0 Å². The van der Waals surface area contributed by atoms with E-state index in [2.05, 4.69) is 35.4 Å². The molecule has 0 radical (unpaired) electrons. The van der Waals surface area contributed by atoms with Crippen molar-refractivity contribution in [2.45, 2.75) is 6.92 Å². The van der Waals surface area contributed by atoms with Crippen molar-refractivity contribution in [2.24, 2.45) is 10.2 Å². The molecule has 1 heterocycles. The van der Waals surface area contributed by atoms with Gasteiger partial charge < -0.3 is 4.74 Å². The Labute approximate surface area is 166 Å². The van der Waals surface area contributed by atoms with Crippen LogP contribution in [0, 0.1) is 6.92 Å². The molecule has 0 N–H and O–H groups in total. The number of hydrogen-bond acceptors (Lipinski definition) is 5. The molecule has 3 aromatic carbocycles. The lowest BCUT2D eigenvalue weighted by Gasteiger charge is -2.02. The summed E-state index contributed by atoms with van der Waals surface area (Å²) in [5.41, 5.74) is 4.79. The third-order valence-electron chi connectivity index (χ3n) is 4.12. The molecule has 0 aliphatic heterocycles. The van der Waals surface area contributed by atoms with Crippen LogP contribution in [0.2, 0.25) is 0 Å². The van der Waals surface area contributed by atoms with Gasteiger partial charge in [0.15, 0.2) is 0 Å². The fourth-order valence-corrected chi connectivity index (χ4v) is 3.78. The lowest BCUT2D eigenvalue weighted by molar-refractivity contribution is 0.273. The molecule has 0 aliphatic rings. The SMILES string of the molecule is Cc1ccc2nc(-c3ccc(N=Nc4ccc(OCC[18F])cc4)cc3)sc2c1. The van der Waals surface area contributed by atoms with Crippen LogP contribution in [0.3, 0.4) is 0 Å². The summed E-state index contributed by atoms with van der Waals surface area (Å²) >= 11 is 1.69. The lowest BCUT2D eigenvalue weighted by atomic mass is 10.2. The molecule has 0 atom stereocenters. The van der Waals surface area contributed by atoms with E-state index in [1.54, 1.807) is 35.6 Å². The van der Waals surface area contributed by atoms with Gasteiger partial charge in [-0.2, -0.15) is 10.2 Å². The molecule has 0 saturated carbocycles. The topological polar surface area (TPSA) is 46.8 Å². The number of halogens is 1. The summed E-state index contributed by atoms with van der Waals surface area (Å²) in [4.78, 5) is 4.71. The van der Waals surface area contributed by atoms with Crippen LogP contribution in [0.15, 0.2) is 77.0 Å². The van der Waals surface area contributed by atoms with Crippen LogP contribution in [0.25, 0.3) is 20.8 Å². The van der Waals surface area contributed by atoms with Gasteiger partial charge in [-0.25, -0.2) is 9.37 Å². The standard InChI is InChI=1S/C22H18FN3OS/c1-15-2-11-20-21(14-15)28-22(24-20)16-3-5-17(6-4-16)25-26-18-7-9-19(10-8-18)27-13-12-23/h2-11,14H,12-13H2,1H3/i23-1. The Kier molecular flexibility index (Phi) is 5.39. The second-order valence-corrected chi connectivity index (χ2v) is 7.30. The Hall–Kier alpha value is -3.12. The summed E-state index contributed by atoms with van der Waals surface area (Å²) in [6, 6.07) is 21.2. The number of hydrogen-bond donors (Lipinski definition) is 0. The van der Waals surface area contributed by atoms with Gasteiger partial charge >= 0.3 is 0 Å². The molecule has 0 unspecified atom stereocenters.